The number of rotatable bonds is 12. The summed E-state index contributed by atoms with van der Waals surface area (Å²) in [6.45, 7) is 2.39. The van der Waals surface area contributed by atoms with Gasteiger partial charge in [-0.15, -0.1) is 10.2 Å². The second-order valence-electron chi connectivity index (χ2n) is 12.1. The molecule has 1 atom stereocenters. The lowest BCUT2D eigenvalue weighted by molar-refractivity contribution is -0.132. The molecular weight excluding hydrogens is 711 g/mol. The van der Waals surface area contributed by atoms with Crippen LogP contribution in [0.25, 0.3) is 16.5 Å². The van der Waals surface area contributed by atoms with Gasteiger partial charge in [0.25, 0.3) is 5.78 Å². The number of anilines is 1. The average molecular weight is 746 g/mol. The lowest BCUT2D eigenvalue weighted by atomic mass is 9.94. The number of aryl methyl sites for hydroxylation is 1. The summed E-state index contributed by atoms with van der Waals surface area (Å²) in [5.74, 6) is 0.0679. The number of amides is 1. The zero-order valence-corrected chi connectivity index (χ0v) is 31.0. The Hall–Kier alpha value is -5.85. The van der Waals surface area contributed by atoms with Gasteiger partial charge in [0, 0.05) is 11.3 Å². The van der Waals surface area contributed by atoms with E-state index in [0.29, 0.717) is 50.8 Å². The molecule has 12 heteroatoms. The summed E-state index contributed by atoms with van der Waals surface area (Å²) in [6, 6.07) is 31.2. The van der Waals surface area contributed by atoms with E-state index >= 15 is 0 Å². The molecule has 1 N–H and O–H groups in total. The smallest absolute Gasteiger partial charge is 0.301 e. The highest BCUT2D eigenvalue weighted by atomic mass is 32.2. The van der Waals surface area contributed by atoms with E-state index in [4.69, 9.17) is 18.9 Å². The predicted octanol–water partition coefficient (Wildman–Crippen LogP) is 8.52. The quantitative estimate of drug-likeness (QED) is 0.0429. The summed E-state index contributed by atoms with van der Waals surface area (Å²) in [7, 11) is 4.44. The summed E-state index contributed by atoms with van der Waals surface area (Å²) < 4.78 is 23.4. The molecule has 0 saturated carbocycles. The van der Waals surface area contributed by atoms with Crippen molar-refractivity contribution in [2.75, 3.05) is 26.2 Å². The van der Waals surface area contributed by atoms with E-state index in [1.54, 1.807) is 36.4 Å². The van der Waals surface area contributed by atoms with Crippen LogP contribution in [-0.2, 0) is 21.9 Å². The van der Waals surface area contributed by atoms with Gasteiger partial charge in [0.15, 0.2) is 15.8 Å². The number of fused-ring (bicyclic) bond motifs is 1. The summed E-state index contributed by atoms with van der Waals surface area (Å²) in [4.78, 5) is 29.2. The van der Waals surface area contributed by atoms with Crippen LogP contribution >= 0.6 is 23.1 Å². The second kappa shape index (κ2) is 15.4. The van der Waals surface area contributed by atoms with Gasteiger partial charge in [-0.2, -0.15) is 0 Å². The molecule has 0 aliphatic carbocycles. The number of ether oxygens (including phenoxy) is 4. The van der Waals surface area contributed by atoms with E-state index in [9.17, 15) is 14.7 Å². The number of nitrogens with zero attached hydrogens (tertiary/aromatic N) is 3. The molecule has 1 aliphatic heterocycles. The van der Waals surface area contributed by atoms with E-state index < -0.39 is 17.7 Å². The van der Waals surface area contributed by atoms with Gasteiger partial charge in [-0.1, -0.05) is 89.8 Å². The molecule has 1 amide bonds. The van der Waals surface area contributed by atoms with Gasteiger partial charge >= 0.3 is 5.91 Å². The second-order valence-corrected chi connectivity index (χ2v) is 14.3. The standard InChI is InChI=1S/C41H35N3O7S2/c1-24-10-5-6-12-27(24)22-51-30-18-16-26(17-19-30)36(45)34-35(29-20-32(48-2)38(50-4)33(21-29)49-3)44(39(47)37(34)46)40-42-43-41(53-40)52-23-28-14-9-13-25-11-7-8-15-31(25)28/h5-21,35,45H,22-23H2,1-4H3. The molecule has 5 aromatic carbocycles. The highest BCUT2D eigenvalue weighted by Gasteiger charge is 2.49. The number of methoxy groups -OCH3 is 3. The Bertz CT molecular complexity index is 2330. The molecule has 1 fully saturated rings. The third-order valence-corrected chi connectivity index (χ3v) is 11.2. The summed E-state index contributed by atoms with van der Waals surface area (Å²) in [5.41, 5.74) is 3.93. The Morgan fingerprint density at radius 3 is 2.23 bits per heavy atom. The number of carbonyl (C=O) groups excluding carboxylic acids is 2. The Morgan fingerprint density at radius 1 is 0.830 bits per heavy atom. The van der Waals surface area contributed by atoms with Gasteiger partial charge in [-0.25, -0.2) is 0 Å². The van der Waals surface area contributed by atoms with Gasteiger partial charge < -0.3 is 24.1 Å². The number of hydrogen-bond donors (Lipinski definition) is 1. The third-order valence-electron chi connectivity index (χ3n) is 9.06. The molecule has 6 aromatic rings. The molecule has 1 aliphatic rings. The number of aliphatic hydroxyl groups is 1. The number of hydrogen-bond acceptors (Lipinski definition) is 11. The lowest BCUT2D eigenvalue weighted by Gasteiger charge is -2.24. The van der Waals surface area contributed by atoms with Crippen LogP contribution in [0.4, 0.5) is 5.13 Å². The molecule has 268 valence electrons. The Kier molecular flexibility index (Phi) is 10.3. The summed E-state index contributed by atoms with van der Waals surface area (Å²) >= 11 is 2.67. The van der Waals surface area contributed by atoms with Gasteiger partial charge in [0.05, 0.1) is 32.9 Å². The SMILES string of the molecule is COc1cc(C2C(=C(O)c3ccc(OCc4ccccc4C)cc3)C(=O)C(=O)N2c2nnc(SCc3cccc4ccccc34)s2)cc(OC)c1OC. The van der Waals surface area contributed by atoms with Crippen molar-refractivity contribution in [1.29, 1.82) is 0 Å². The van der Waals surface area contributed by atoms with Gasteiger partial charge in [0.1, 0.15) is 18.1 Å². The van der Waals surface area contributed by atoms with E-state index in [1.165, 1.54) is 49.3 Å². The number of aliphatic hydroxyl groups excluding tert-OH is 1. The lowest BCUT2D eigenvalue weighted by Crippen LogP contribution is -2.29. The van der Waals surface area contributed by atoms with Gasteiger partial charge in [-0.05, 0) is 76.3 Å². The van der Waals surface area contributed by atoms with Gasteiger partial charge in [-0.3, -0.25) is 14.5 Å². The van der Waals surface area contributed by atoms with Crippen molar-refractivity contribution in [3.05, 3.63) is 137 Å². The van der Waals surface area contributed by atoms with Crippen LogP contribution in [-0.4, -0.2) is 48.3 Å². The summed E-state index contributed by atoms with van der Waals surface area (Å²) in [6.07, 6.45) is 0. The minimum Gasteiger partial charge on any atom is -0.507 e. The topological polar surface area (TPSA) is 120 Å². The fraction of sp³-hybridized carbons (Fsp3) is 0.171. The van der Waals surface area contributed by atoms with Gasteiger partial charge in [0.2, 0.25) is 10.9 Å². The average Bonchev–Trinajstić information content (AvgIpc) is 3.77. The van der Waals surface area contributed by atoms with Crippen molar-refractivity contribution < 1.29 is 33.6 Å². The van der Waals surface area contributed by atoms with Crippen molar-refractivity contribution >= 4 is 56.5 Å². The molecule has 7 rings (SSSR count). The van der Waals surface area contributed by atoms with Crippen LogP contribution in [0.15, 0.2) is 113 Å². The van der Waals surface area contributed by atoms with E-state index in [-0.39, 0.29) is 16.5 Å². The first-order valence-electron chi connectivity index (χ1n) is 16.6. The van der Waals surface area contributed by atoms with Crippen molar-refractivity contribution in [1.82, 2.24) is 10.2 Å². The molecule has 0 radical (unpaired) electrons. The van der Waals surface area contributed by atoms with Crippen LogP contribution in [0.5, 0.6) is 23.0 Å². The monoisotopic (exact) mass is 745 g/mol. The molecule has 0 bridgehead atoms. The minimum absolute atomic E-state index is 0.127. The highest BCUT2D eigenvalue weighted by Crippen LogP contribution is 2.48. The number of benzene rings is 5. The maximum atomic E-state index is 14.0. The molecule has 53 heavy (non-hydrogen) atoms. The van der Waals surface area contributed by atoms with Crippen molar-refractivity contribution in [3.8, 4) is 23.0 Å². The summed E-state index contributed by atoms with van der Waals surface area (Å²) in [5, 5.41) is 23.1. The number of aromatic nitrogens is 2. The number of thioether (sulfide) groups is 1. The molecule has 1 saturated heterocycles. The molecular formula is C41H35N3O7S2. The fourth-order valence-corrected chi connectivity index (χ4v) is 8.19. The van der Waals surface area contributed by atoms with Crippen LogP contribution < -0.4 is 23.8 Å². The number of carbonyl (C=O) groups is 2. The Labute approximate surface area is 314 Å². The van der Waals surface area contributed by atoms with E-state index in [1.807, 2.05) is 49.4 Å². The fourth-order valence-electron chi connectivity index (χ4n) is 6.32. The van der Waals surface area contributed by atoms with Crippen LogP contribution in [0.2, 0.25) is 0 Å². The maximum Gasteiger partial charge on any atom is 0.301 e. The molecule has 2 heterocycles. The van der Waals surface area contributed by atoms with Crippen molar-refractivity contribution in [3.63, 3.8) is 0 Å². The normalized spacial score (nSPS) is 15.2. The first kappa shape index (κ1) is 35.5. The number of Topliss-reactive ketones (excluding diaryl/α,β-unsaturated/α-hetero) is 1. The minimum atomic E-state index is -1.11. The maximum absolute atomic E-state index is 14.0. The highest BCUT2D eigenvalue weighted by molar-refractivity contribution is 8.00. The Balaban J connectivity index is 1.25. The number of ketones is 1. The van der Waals surface area contributed by atoms with Crippen LogP contribution in [0, 0.1) is 6.92 Å². The molecule has 1 aromatic heterocycles. The largest absolute Gasteiger partial charge is 0.507 e. The third kappa shape index (κ3) is 7.03. The van der Waals surface area contributed by atoms with Crippen molar-refractivity contribution in [2.45, 2.75) is 29.7 Å². The van der Waals surface area contributed by atoms with E-state index in [2.05, 4.69) is 34.5 Å². The zero-order chi connectivity index (χ0) is 37.1. The first-order valence-corrected chi connectivity index (χ1v) is 18.4. The Morgan fingerprint density at radius 2 is 1.51 bits per heavy atom. The van der Waals surface area contributed by atoms with E-state index in [0.717, 1.165) is 27.5 Å². The molecule has 10 nitrogen and oxygen atoms in total. The first-order chi connectivity index (χ1) is 25.8. The molecule has 1 unspecified atom stereocenters. The zero-order valence-electron chi connectivity index (χ0n) is 29.4. The van der Waals surface area contributed by atoms with Crippen LogP contribution in [0.1, 0.15) is 33.9 Å². The van der Waals surface area contributed by atoms with Crippen molar-refractivity contribution in [2.24, 2.45) is 0 Å². The van der Waals surface area contributed by atoms with Crippen LogP contribution in [0.3, 0.4) is 0 Å². The molecule has 0 spiro atoms. The predicted molar refractivity (Wildman–Crippen MR) is 206 cm³/mol.